The molecule has 1 aliphatic rings. The first-order valence-electron chi connectivity index (χ1n) is 10.3. The molecule has 4 heterocycles. The minimum atomic E-state index is -0.314. The Morgan fingerprint density at radius 2 is 2.12 bits per heavy atom. The Labute approximate surface area is 185 Å². The Morgan fingerprint density at radius 3 is 2.81 bits per heavy atom. The highest BCUT2D eigenvalue weighted by Gasteiger charge is 2.25. The van der Waals surface area contributed by atoms with E-state index < -0.39 is 0 Å². The molecule has 4 rings (SSSR count). The molecule has 1 aliphatic heterocycles. The molecule has 1 saturated heterocycles. The number of carbonyl (C=O) groups excluding carboxylic acids is 1. The van der Waals surface area contributed by atoms with Gasteiger partial charge in [-0.1, -0.05) is 0 Å². The number of nitrogens with one attached hydrogen (secondary N) is 2. The van der Waals surface area contributed by atoms with Crippen molar-refractivity contribution in [2.45, 2.75) is 26.3 Å². The lowest BCUT2D eigenvalue weighted by Gasteiger charge is -2.18. The maximum absolute atomic E-state index is 12.9. The molecule has 0 radical (unpaired) electrons. The van der Waals surface area contributed by atoms with Crippen LogP contribution in [0.4, 0.5) is 11.6 Å². The van der Waals surface area contributed by atoms with Crippen LogP contribution in [0.25, 0.3) is 5.65 Å². The van der Waals surface area contributed by atoms with Crippen molar-refractivity contribution in [3.05, 3.63) is 42.0 Å². The number of aromatic nitrogens is 4. The van der Waals surface area contributed by atoms with E-state index in [1.165, 1.54) is 6.20 Å². The van der Waals surface area contributed by atoms with Crippen LogP contribution in [-0.2, 0) is 4.79 Å². The third-order valence-electron chi connectivity index (χ3n) is 4.98. The van der Waals surface area contributed by atoms with Gasteiger partial charge in [0, 0.05) is 37.7 Å². The number of aryl methyl sites for hydroxylation is 1. The van der Waals surface area contributed by atoms with E-state index in [0.29, 0.717) is 35.7 Å². The Morgan fingerprint density at radius 1 is 1.34 bits per heavy atom. The monoisotopic (exact) mass is 441 g/mol. The number of carbonyl (C=O) groups is 2. The van der Waals surface area contributed by atoms with Crippen LogP contribution in [0, 0.1) is 6.92 Å². The molecule has 0 saturated carbocycles. The van der Waals surface area contributed by atoms with Crippen molar-refractivity contribution < 1.29 is 19.4 Å². The second-order valence-electron chi connectivity index (χ2n) is 7.17. The molecule has 11 heteroatoms. The molecule has 3 aromatic rings. The smallest absolute Gasteiger partial charge is 0.290 e. The van der Waals surface area contributed by atoms with Gasteiger partial charge in [-0.25, -0.2) is 9.97 Å². The summed E-state index contributed by atoms with van der Waals surface area (Å²) in [5.41, 5.74) is 2.71. The Kier molecular flexibility index (Phi) is 7.55. The number of ether oxygens (including phenoxy) is 1. The highest BCUT2D eigenvalue weighted by molar-refractivity contribution is 6.05. The van der Waals surface area contributed by atoms with Gasteiger partial charge in [0.15, 0.2) is 0 Å². The van der Waals surface area contributed by atoms with Crippen molar-refractivity contribution in [1.82, 2.24) is 24.7 Å². The van der Waals surface area contributed by atoms with Crippen LogP contribution in [-0.4, -0.2) is 69.6 Å². The van der Waals surface area contributed by atoms with Gasteiger partial charge in [-0.15, -0.1) is 0 Å². The van der Waals surface area contributed by atoms with Gasteiger partial charge in [0.05, 0.1) is 18.0 Å². The number of imidazole rings is 1. The summed E-state index contributed by atoms with van der Waals surface area (Å²) < 4.78 is 7.53. The SMILES string of the molecule is CCOc1nc(N2CCC(NC)C2)ncc1C(=O)Nc1ccc2nc(C)cn2c1.O=CO. The predicted molar refractivity (Wildman–Crippen MR) is 119 cm³/mol. The van der Waals surface area contributed by atoms with E-state index in [4.69, 9.17) is 14.6 Å². The van der Waals surface area contributed by atoms with Crippen LogP contribution in [0.5, 0.6) is 5.88 Å². The fraction of sp³-hybridized carbons (Fsp3) is 0.381. The van der Waals surface area contributed by atoms with Gasteiger partial charge in [0.1, 0.15) is 11.2 Å². The minimum Gasteiger partial charge on any atom is -0.483 e. The number of anilines is 2. The van der Waals surface area contributed by atoms with Crippen molar-refractivity contribution in [3.8, 4) is 5.88 Å². The van der Waals surface area contributed by atoms with Gasteiger partial charge >= 0.3 is 0 Å². The first-order valence-corrected chi connectivity index (χ1v) is 10.3. The molecule has 1 unspecified atom stereocenters. The number of likely N-dealkylation sites (N-methyl/N-ethyl adjacent to an activating group) is 1. The predicted octanol–water partition coefficient (Wildman–Crippen LogP) is 1.58. The van der Waals surface area contributed by atoms with Gasteiger partial charge in [-0.2, -0.15) is 4.98 Å². The molecule has 0 aromatic carbocycles. The number of nitrogens with zero attached hydrogens (tertiary/aromatic N) is 5. The zero-order valence-corrected chi connectivity index (χ0v) is 18.3. The molecule has 1 amide bonds. The van der Waals surface area contributed by atoms with Crippen LogP contribution in [0.3, 0.4) is 0 Å². The zero-order chi connectivity index (χ0) is 23.1. The van der Waals surface area contributed by atoms with Gasteiger partial charge in [-0.3, -0.25) is 9.59 Å². The van der Waals surface area contributed by atoms with Crippen LogP contribution < -0.4 is 20.3 Å². The topological polar surface area (TPSA) is 134 Å². The third kappa shape index (κ3) is 5.30. The molecule has 0 spiro atoms. The van der Waals surface area contributed by atoms with E-state index in [-0.39, 0.29) is 12.4 Å². The fourth-order valence-corrected chi connectivity index (χ4v) is 3.48. The van der Waals surface area contributed by atoms with Gasteiger partial charge < -0.3 is 29.8 Å². The number of carboxylic acid groups (broad SMARTS) is 1. The molecule has 0 aliphatic carbocycles. The second-order valence-corrected chi connectivity index (χ2v) is 7.17. The molecular weight excluding hydrogens is 414 g/mol. The van der Waals surface area contributed by atoms with E-state index >= 15 is 0 Å². The maximum Gasteiger partial charge on any atom is 0.290 e. The highest BCUT2D eigenvalue weighted by Crippen LogP contribution is 2.23. The summed E-state index contributed by atoms with van der Waals surface area (Å²) in [6.07, 6.45) is 6.30. The quantitative estimate of drug-likeness (QED) is 0.487. The van der Waals surface area contributed by atoms with Gasteiger partial charge in [0.25, 0.3) is 12.4 Å². The Hall–Kier alpha value is -3.73. The van der Waals surface area contributed by atoms with E-state index in [2.05, 4.69) is 30.5 Å². The summed E-state index contributed by atoms with van der Waals surface area (Å²) in [7, 11) is 1.95. The van der Waals surface area contributed by atoms with Gasteiger partial charge in [0.2, 0.25) is 11.8 Å². The lowest BCUT2D eigenvalue weighted by molar-refractivity contribution is -0.122. The van der Waals surface area contributed by atoms with Crippen molar-refractivity contribution >= 4 is 29.7 Å². The van der Waals surface area contributed by atoms with E-state index in [0.717, 1.165) is 30.9 Å². The van der Waals surface area contributed by atoms with Crippen molar-refractivity contribution in [3.63, 3.8) is 0 Å². The first kappa shape index (κ1) is 22.9. The zero-order valence-electron chi connectivity index (χ0n) is 18.3. The number of hydrogen-bond donors (Lipinski definition) is 3. The van der Waals surface area contributed by atoms with Crippen LogP contribution in [0.1, 0.15) is 29.4 Å². The summed E-state index contributed by atoms with van der Waals surface area (Å²) in [5.74, 6) is 0.561. The molecule has 11 nitrogen and oxygen atoms in total. The maximum atomic E-state index is 12.9. The van der Waals surface area contributed by atoms with Crippen LogP contribution in [0.15, 0.2) is 30.7 Å². The summed E-state index contributed by atoms with van der Waals surface area (Å²) in [4.78, 5) is 36.6. The third-order valence-corrected chi connectivity index (χ3v) is 4.98. The molecule has 0 bridgehead atoms. The lowest BCUT2D eigenvalue weighted by atomic mass is 10.3. The minimum absolute atomic E-state index is 0.250. The van der Waals surface area contributed by atoms with Crippen LogP contribution in [0.2, 0.25) is 0 Å². The average Bonchev–Trinajstić information content (AvgIpc) is 3.40. The van der Waals surface area contributed by atoms with E-state index in [9.17, 15) is 4.79 Å². The summed E-state index contributed by atoms with van der Waals surface area (Å²) >= 11 is 0. The first-order chi connectivity index (χ1) is 15.5. The number of hydrogen-bond acceptors (Lipinski definition) is 8. The van der Waals surface area contributed by atoms with E-state index in [1.807, 2.05) is 49.8 Å². The molecular formula is C21H27N7O4. The van der Waals surface area contributed by atoms with Crippen LogP contribution >= 0.6 is 0 Å². The normalized spacial score (nSPS) is 15.2. The molecule has 32 heavy (non-hydrogen) atoms. The molecule has 3 N–H and O–H groups in total. The van der Waals surface area contributed by atoms with Gasteiger partial charge in [-0.05, 0) is 39.4 Å². The molecule has 1 atom stereocenters. The highest BCUT2D eigenvalue weighted by atomic mass is 16.5. The summed E-state index contributed by atoms with van der Waals surface area (Å²) in [6.45, 7) is 5.66. The number of pyridine rings is 1. The number of fused-ring (bicyclic) bond motifs is 1. The summed E-state index contributed by atoms with van der Waals surface area (Å²) in [5, 5.41) is 13.1. The second kappa shape index (κ2) is 10.5. The Bertz CT molecular complexity index is 1090. The largest absolute Gasteiger partial charge is 0.483 e. The standard InChI is InChI=1S/C20H25N7O2.CH2O2/c1-4-29-19-16(9-22-20(25-19)26-8-7-14(11-26)21-3)18(28)24-15-5-6-17-23-13(2)10-27(17)12-15;2-1-3/h5-6,9-10,12,14,21H,4,7-8,11H2,1-3H3,(H,24,28);1H,(H,2,3). The fourth-order valence-electron chi connectivity index (χ4n) is 3.48. The average molecular weight is 441 g/mol. The van der Waals surface area contributed by atoms with Crippen molar-refractivity contribution in [1.29, 1.82) is 0 Å². The molecule has 170 valence electrons. The van der Waals surface area contributed by atoms with Crippen molar-refractivity contribution in [2.75, 3.05) is 37.0 Å². The number of amides is 1. The summed E-state index contributed by atoms with van der Waals surface area (Å²) in [6, 6.07) is 4.09. The Balaban J connectivity index is 0.000000913. The molecule has 1 fully saturated rings. The number of rotatable bonds is 6. The van der Waals surface area contributed by atoms with E-state index in [1.54, 1.807) is 0 Å². The van der Waals surface area contributed by atoms with Crippen molar-refractivity contribution in [2.24, 2.45) is 0 Å². The molecule has 3 aromatic heterocycles. The lowest BCUT2D eigenvalue weighted by Crippen LogP contribution is -2.30.